The van der Waals surface area contributed by atoms with Crippen molar-refractivity contribution in [1.29, 1.82) is 0 Å². The fourth-order valence-electron chi connectivity index (χ4n) is 8.64. The third-order valence-electron chi connectivity index (χ3n) is 10.9. The lowest BCUT2D eigenvalue weighted by Gasteiger charge is -2.46. The van der Waals surface area contributed by atoms with Crippen LogP contribution < -0.4 is 31.1 Å². The van der Waals surface area contributed by atoms with E-state index in [2.05, 4.69) is 202 Å². The molecule has 0 aliphatic carbocycles. The normalized spacial score (nSPS) is 12.7. The Hall–Kier alpha value is -6.00. The summed E-state index contributed by atoms with van der Waals surface area (Å²) in [6, 6.07) is 54.2. The van der Waals surface area contributed by atoms with Crippen LogP contribution in [0.5, 0.6) is 0 Å². The summed E-state index contributed by atoms with van der Waals surface area (Å²) >= 11 is 0. The number of anilines is 9. The van der Waals surface area contributed by atoms with E-state index in [-0.39, 0.29) is 6.71 Å². The predicted molar refractivity (Wildman–Crippen MR) is 224 cm³/mol. The first kappa shape index (κ1) is 31.9. The molecule has 52 heavy (non-hydrogen) atoms. The van der Waals surface area contributed by atoms with Crippen molar-refractivity contribution in [2.75, 3.05) is 14.7 Å². The van der Waals surface area contributed by atoms with Crippen LogP contribution in [0, 0.1) is 41.5 Å². The smallest absolute Gasteiger partial charge is 0.252 e. The van der Waals surface area contributed by atoms with Gasteiger partial charge >= 0.3 is 0 Å². The number of hydrogen-bond acceptors (Lipinski definition) is 3. The van der Waals surface area contributed by atoms with Crippen molar-refractivity contribution >= 4 is 74.3 Å². The minimum Gasteiger partial charge on any atom is -0.311 e. The third kappa shape index (κ3) is 5.13. The third-order valence-corrected chi connectivity index (χ3v) is 10.9. The molecule has 0 fully saturated rings. The Bertz CT molecular complexity index is 2360. The van der Waals surface area contributed by atoms with Crippen LogP contribution in [0.1, 0.15) is 33.4 Å². The summed E-state index contributed by atoms with van der Waals surface area (Å²) in [4.78, 5) is 7.49. The Morgan fingerprint density at radius 2 is 0.769 bits per heavy atom. The van der Waals surface area contributed by atoms with Gasteiger partial charge in [0.05, 0.1) is 5.69 Å². The first-order chi connectivity index (χ1) is 25.3. The van der Waals surface area contributed by atoms with Gasteiger partial charge in [-0.15, -0.1) is 0 Å². The molecule has 7 aromatic carbocycles. The van der Waals surface area contributed by atoms with E-state index in [1.165, 1.54) is 83.9 Å². The van der Waals surface area contributed by atoms with Crippen LogP contribution in [-0.2, 0) is 0 Å². The zero-order valence-electron chi connectivity index (χ0n) is 30.8. The molecule has 0 spiro atoms. The zero-order chi connectivity index (χ0) is 35.7. The molecule has 0 N–H and O–H groups in total. The Kier molecular flexibility index (Phi) is 7.59. The molecule has 0 amide bonds. The van der Waals surface area contributed by atoms with E-state index in [0.29, 0.717) is 0 Å². The van der Waals surface area contributed by atoms with Crippen LogP contribution in [0.25, 0.3) is 0 Å². The Morgan fingerprint density at radius 1 is 0.365 bits per heavy atom. The SMILES string of the molecule is Cc1cccc(N(c2cccc(C)c2)c2cc3c4c(c2)N(c2cccc(C)c2)c2cccc(C)c2B4c2c(C)cccc2N3c2cccc(C)c2)c1. The average Bonchev–Trinajstić information content (AvgIpc) is 3.12. The monoisotopic (exact) mass is 671 g/mol. The number of benzene rings is 7. The van der Waals surface area contributed by atoms with Crippen molar-refractivity contribution in [3.05, 3.63) is 179 Å². The Morgan fingerprint density at radius 3 is 1.19 bits per heavy atom. The molecule has 0 aromatic heterocycles. The molecule has 0 saturated carbocycles. The number of hydrogen-bond donors (Lipinski definition) is 0. The molecule has 252 valence electrons. The second-order valence-electron chi connectivity index (χ2n) is 14.7. The molecule has 2 heterocycles. The number of aryl methyl sites for hydroxylation is 6. The van der Waals surface area contributed by atoms with Gasteiger partial charge in [-0.3, -0.25) is 0 Å². The second-order valence-corrected chi connectivity index (χ2v) is 14.7. The fraction of sp³-hybridized carbons (Fsp3) is 0.125. The van der Waals surface area contributed by atoms with Crippen LogP contribution >= 0.6 is 0 Å². The molecule has 9 rings (SSSR count). The second kappa shape index (κ2) is 12.3. The van der Waals surface area contributed by atoms with Gasteiger partial charge in [0.2, 0.25) is 0 Å². The summed E-state index contributed by atoms with van der Waals surface area (Å²) in [6.07, 6.45) is 0. The van der Waals surface area contributed by atoms with Gasteiger partial charge in [0, 0.05) is 45.5 Å². The summed E-state index contributed by atoms with van der Waals surface area (Å²) < 4.78 is 0. The topological polar surface area (TPSA) is 9.72 Å². The van der Waals surface area contributed by atoms with Crippen LogP contribution in [0.4, 0.5) is 51.2 Å². The number of rotatable bonds is 5. The van der Waals surface area contributed by atoms with Crippen LogP contribution in [0.3, 0.4) is 0 Å². The lowest BCUT2D eigenvalue weighted by molar-refractivity contribution is 1.21. The van der Waals surface area contributed by atoms with Crippen molar-refractivity contribution in [3.63, 3.8) is 0 Å². The van der Waals surface area contributed by atoms with Gasteiger partial charge in [-0.2, -0.15) is 0 Å². The first-order valence-electron chi connectivity index (χ1n) is 18.3. The summed E-state index contributed by atoms with van der Waals surface area (Å²) in [6.45, 7) is 13.4. The van der Waals surface area contributed by atoms with Crippen molar-refractivity contribution in [3.8, 4) is 0 Å². The number of fused-ring (bicyclic) bond motifs is 4. The first-order valence-corrected chi connectivity index (χ1v) is 18.3. The molecule has 0 saturated heterocycles. The summed E-state index contributed by atoms with van der Waals surface area (Å²) in [5.41, 5.74) is 22.2. The van der Waals surface area contributed by atoms with E-state index in [9.17, 15) is 0 Å². The molecule has 7 aromatic rings. The molecule has 2 aliphatic rings. The van der Waals surface area contributed by atoms with Crippen molar-refractivity contribution in [1.82, 2.24) is 0 Å². The van der Waals surface area contributed by atoms with Crippen molar-refractivity contribution < 1.29 is 0 Å². The van der Waals surface area contributed by atoms with Gasteiger partial charge in [0.25, 0.3) is 6.71 Å². The highest BCUT2D eigenvalue weighted by Crippen LogP contribution is 2.48. The highest BCUT2D eigenvalue weighted by molar-refractivity contribution is 7.00. The summed E-state index contributed by atoms with van der Waals surface area (Å²) in [5.74, 6) is 0. The van der Waals surface area contributed by atoms with E-state index in [4.69, 9.17) is 0 Å². The zero-order valence-corrected chi connectivity index (χ0v) is 30.8. The Balaban J connectivity index is 1.45. The van der Waals surface area contributed by atoms with Gasteiger partial charge in [-0.1, -0.05) is 83.9 Å². The van der Waals surface area contributed by atoms with Crippen molar-refractivity contribution in [2.24, 2.45) is 0 Å². The standard InChI is InChI=1S/C48H42BN3/c1-31-13-7-19-37(25-31)50(38-20-8-14-32(2)26-38)41-29-44-48-45(30-41)52(40-22-10-16-34(4)28-40)43-24-12-18-36(6)47(43)49(48)46-35(5)17-11-23-42(46)51(44)39-21-9-15-33(3)27-39/h7-30H,1-6H3. The molecule has 4 heteroatoms. The van der Waals surface area contributed by atoms with E-state index in [0.717, 1.165) is 17.1 Å². The maximum Gasteiger partial charge on any atom is 0.252 e. The van der Waals surface area contributed by atoms with Gasteiger partial charge in [0.1, 0.15) is 0 Å². The van der Waals surface area contributed by atoms with E-state index in [1.807, 2.05) is 0 Å². The summed E-state index contributed by atoms with van der Waals surface area (Å²) in [5, 5.41) is 0. The maximum absolute atomic E-state index is 2.52. The molecule has 0 radical (unpaired) electrons. The molecule has 2 aliphatic heterocycles. The van der Waals surface area contributed by atoms with E-state index >= 15 is 0 Å². The molecule has 0 unspecified atom stereocenters. The molecular formula is C48H42BN3. The predicted octanol–water partition coefficient (Wildman–Crippen LogP) is 11.1. The molecule has 0 bridgehead atoms. The largest absolute Gasteiger partial charge is 0.311 e. The maximum atomic E-state index is 2.52. The minimum absolute atomic E-state index is 0.0694. The van der Waals surface area contributed by atoms with Crippen LogP contribution in [-0.4, -0.2) is 6.71 Å². The van der Waals surface area contributed by atoms with Crippen LogP contribution in [0.2, 0.25) is 0 Å². The molecule has 0 atom stereocenters. The fourth-order valence-corrected chi connectivity index (χ4v) is 8.64. The molecular weight excluding hydrogens is 629 g/mol. The van der Waals surface area contributed by atoms with Gasteiger partial charge < -0.3 is 14.7 Å². The van der Waals surface area contributed by atoms with Crippen molar-refractivity contribution in [2.45, 2.75) is 41.5 Å². The van der Waals surface area contributed by atoms with E-state index in [1.54, 1.807) is 0 Å². The van der Waals surface area contributed by atoms with E-state index < -0.39 is 0 Å². The minimum atomic E-state index is 0.0694. The number of nitrogens with zero attached hydrogens (tertiary/aromatic N) is 3. The quantitative estimate of drug-likeness (QED) is 0.169. The van der Waals surface area contributed by atoms with Gasteiger partial charge in [-0.05, 0) is 153 Å². The highest BCUT2D eigenvalue weighted by atomic mass is 15.2. The average molecular weight is 672 g/mol. The lowest BCUT2D eigenvalue weighted by atomic mass is 9.32. The van der Waals surface area contributed by atoms with Crippen LogP contribution in [0.15, 0.2) is 146 Å². The Labute approximate surface area is 308 Å². The molecule has 3 nitrogen and oxygen atoms in total. The van der Waals surface area contributed by atoms with Gasteiger partial charge in [-0.25, -0.2) is 0 Å². The summed E-state index contributed by atoms with van der Waals surface area (Å²) in [7, 11) is 0. The van der Waals surface area contributed by atoms with Gasteiger partial charge in [0.15, 0.2) is 0 Å². The lowest BCUT2D eigenvalue weighted by Crippen LogP contribution is -2.62. The highest BCUT2D eigenvalue weighted by Gasteiger charge is 2.45.